The first-order valence-corrected chi connectivity index (χ1v) is 12.3. The first-order chi connectivity index (χ1) is 17.5. The van der Waals surface area contributed by atoms with Gasteiger partial charge in [0.25, 0.3) is 0 Å². The van der Waals surface area contributed by atoms with E-state index in [9.17, 15) is 4.79 Å². The monoisotopic (exact) mass is 518 g/mol. The molecule has 0 spiro atoms. The molecule has 9 heteroatoms. The normalized spacial score (nSPS) is 12.1. The molecular weight excluding hydrogens is 495 g/mol. The molecule has 5 aromatic rings. The van der Waals surface area contributed by atoms with Crippen molar-refractivity contribution in [2.24, 2.45) is 0 Å². The summed E-state index contributed by atoms with van der Waals surface area (Å²) in [6, 6.07) is 22.8. The van der Waals surface area contributed by atoms with E-state index in [2.05, 4.69) is 20.5 Å². The third-order valence-electron chi connectivity index (χ3n) is 6.07. The van der Waals surface area contributed by atoms with Crippen molar-refractivity contribution < 1.29 is 4.79 Å². The number of hydrogen-bond acceptors (Lipinski definition) is 4. The second-order valence-electron chi connectivity index (χ2n) is 8.56. The van der Waals surface area contributed by atoms with Crippen LogP contribution in [0.15, 0.2) is 72.8 Å². The summed E-state index contributed by atoms with van der Waals surface area (Å²) in [6.45, 7) is 0. The average molecular weight is 519 g/mol. The van der Waals surface area contributed by atoms with E-state index in [-0.39, 0.29) is 5.91 Å². The lowest BCUT2D eigenvalue weighted by atomic mass is 10.0. The van der Waals surface area contributed by atoms with Gasteiger partial charge < -0.3 is 16.0 Å². The fourth-order valence-corrected chi connectivity index (χ4v) is 4.67. The Morgan fingerprint density at radius 1 is 1.03 bits per heavy atom. The Kier molecular flexibility index (Phi) is 6.93. The SMILES string of the molecule is Nc1n[nH]c2cc(-c3nc(C(Cc4ccccc4)NC(=O)CCc4ccccc4Cl)[nH]c3Cl)ccc12. The Labute approximate surface area is 218 Å². The van der Waals surface area contributed by atoms with E-state index in [0.717, 1.165) is 27.6 Å². The highest BCUT2D eigenvalue weighted by Gasteiger charge is 2.22. The Balaban J connectivity index is 1.40. The van der Waals surface area contributed by atoms with Crippen molar-refractivity contribution in [1.82, 2.24) is 25.5 Å². The van der Waals surface area contributed by atoms with Crippen LogP contribution in [-0.4, -0.2) is 26.1 Å². The van der Waals surface area contributed by atoms with Crippen LogP contribution in [-0.2, 0) is 17.6 Å². The summed E-state index contributed by atoms with van der Waals surface area (Å²) in [5.74, 6) is 0.918. The van der Waals surface area contributed by atoms with E-state index in [4.69, 9.17) is 33.9 Å². The molecule has 5 rings (SSSR count). The van der Waals surface area contributed by atoms with E-state index in [0.29, 0.717) is 46.8 Å². The van der Waals surface area contributed by atoms with Crippen LogP contribution < -0.4 is 11.1 Å². The van der Waals surface area contributed by atoms with Crippen LogP contribution in [0.2, 0.25) is 10.2 Å². The molecule has 1 amide bonds. The van der Waals surface area contributed by atoms with Gasteiger partial charge in [-0.1, -0.05) is 77.8 Å². The smallest absolute Gasteiger partial charge is 0.220 e. The first-order valence-electron chi connectivity index (χ1n) is 11.5. The molecule has 0 bridgehead atoms. The highest BCUT2D eigenvalue weighted by atomic mass is 35.5. The standard InChI is InChI=1S/C27H24Cl2N6O/c28-20-9-5-4-8-17(20)11-13-23(36)31-22(14-16-6-2-1-3-7-16)27-32-24(25(29)33-27)18-10-12-19-21(15-18)34-35-26(19)30/h1-10,12,15,22H,11,13-14H2,(H,31,36)(H,32,33)(H3,30,34,35). The lowest BCUT2D eigenvalue weighted by molar-refractivity contribution is -0.121. The highest BCUT2D eigenvalue weighted by molar-refractivity contribution is 6.32. The van der Waals surface area contributed by atoms with Crippen molar-refractivity contribution in [3.05, 3.63) is 99.9 Å². The van der Waals surface area contributed by atoms with Crippen molar-refractivity contribution in [3.8, 4) is 11.3 Å². The maximum atomic E-state index is 13.0. The number of aromatic amines is 2. The maximum absolute atomic E-state index is 13.0. The summed E-state index contributed by atoms with van der Waals surface area (Å²) >= 11 is 12.8. The minimum Gasteiger partial charge on any atom is -0.382 e. The number of amides is 1. The zero-order valence-corrected chi connectivity index (χ0v) is 20.8. The van der Waals surface area contributed by atoms with E-state index < -0.39 is 6.04 Å². The molecule has 36 heavy (non-hydrogen) atoms. The zero-order valence-electron chi connectivity index (χ0n) is 19.3. The summed E-state index contributed by atoms with van der Waals surface area (Å²) in [5.41, 5.74) is 10.1. The fraction of sp³-hybridized carbons (Fsp3) is 0.148. The number of nitrogens with one attached hydrogen (secondary N) is 3. The number of anilines is 1. The third kappa shape index (κ3) is 5.22. The topological polar surface area (TPSA) is 112 Å². The molecular formula is C27H24Cl2N6O. The van der Waals surface area contributed by atoms with Gasteiger partial charge in [-0.3, -0.25) is 9.89 Å². The minimum atomic E-state index is -0.399. The molecule has 0 saturated carbocycles. The number of carbonyl (C=O) groups is 1. The highest BCUT2D eigenvalue weighted by Crippen LogP contribution is 2.31. The van der Waals surface area contributed by atoms with Gasteiger partial charge in [0.1, 0.15) is 16.7 Å². The number of rotatable bonds is 8. The summed E-state index contributed by atoms with van der Waals surface area (Å²) in [5, 5.41) is 12.0. The van der Waals surface area contributed by atoms with Crippen LogP contribution in [0.4, 0.5) is 5.82 Å². The molecule has 5 N–H and O–H groups in total. The zero-order chi connectivity index (χ0) is 25.1. The number of benzene rings is 3. The van der Waals surface area contributed by atoms with Gasteiger partial charge in [0.2, 0.25) is 5.91 Å². The second kappa shape index (κ2) is 10.4. The van der Waals surface area contributed by atoms with Crippen LogP contribution in [0.5, 0.6) is 0 Å². The number of nitrogens with two attached hydrogens (primary N) is 1. The van der Waals surface area contributed by atoms with Crippen molar-refractivity contribution in [2.75, 3.05) is 5.73 Å². The lowest BCUT2D eigenvalue weighted by Crippen LogP contribution is -2.31. The van der Waals surface area contributed by atoms with Crippen LogP contribution in [0, 0.1) is 0 Å². The van der Waals surface area contributed by atoms with E-state index in [1.807, 2.05) is 72.8 Å². The molecule has 2 heterocycles. The Hall–Kier alpha value is -3.81. The van der Waals surface area contributed by atoms with Crippen molar-refractivity contribution in [2.45, 2.75) is 25.3 Å². The van der Waals surface area contributed by atoms with Crippen molar-refractivity contribution in [1.29, 1.82) is 0 Å². The number of fused-ring (bicyclic) bond motifs is 1. The minimum absolute atomic E-state index is 0.0979. The molecule has 0 aliphatic rings. The third-order valence-corrected chi connectivity index (χ3v) is 6.71. The number of imidazole rings is 1. The van der Waals surface area contributed by atoms with Gasteiger partial charge in [0, 0.05) is 22.4 Å². The summed E-state index contributed by atoms with van der Waals surface area (Å²) < 4.78 is 0. The number of hydrogen-bond donors (Lipinski definition) is 4. The summed E-state index contributed by atoms with van der Waals surface area (Å²) in [6.07, 6.45) is 1.40. The van der Waals surface area contributed by atoms with Gasteiger partial charge >= 0.3 is 0 Å². The van der Waals surface area contributed by atoms with Crippen molar-refractivity contribution in [3.63, 3.8) is 0 Å². The first kappa shape index (κ1) is 23.9. The van der Waals surface area contributed by atoms with Gasteiger partial charge in [-0.15, -0.1) is 0 Å². The van der Waals surface area contributed by atoms with Gasteiger partial charge in [-0.2, -0.15) is 5.10 Å². The molecule has 0 saturated heterocycles. The predicted octanol–water partition coefficient (Wildman–Crippen LogP) is 5.87. The quantitative estimate of drug-likeness (QED) is 0.205. The van der Waals surface area contributed by atoms with E-state index >= 15 is 0 Å². The van der Waals surface area contributed by atoms with Crippen LogP contribution in [0.25, 0.3) is 22.2 Å². The molecule has 0 aliphatic heterocycles. The number of aromatic nitrogens is 4. The number of H-pyrrole nitrogens is 2. The van der Waals surface area contributed by atoms with Gasteiger partial charge in [0.05, 0.1) is 11.6 Å². The largest absolute Gasteiger partial charge is 0.382 e. The second-order valence-corrected chi connectivity index (χ2v) is 9.34. The van der Waals surface area contributed by atoms with Crippen LogP contribution in [0.1, 0.15) is 29.4 Å². The fourth-order valence-electron chi connectivity index (χ4n) is 4.20. The molecule has 0 aliphatic carbocycles. The van der Waals surface area contributed by atoms with Gasteiger partial charge in [-0.05, 0) is 42.2 Å². The predicted molar refractivity (Wildman–Crippen MR) is 144 cm³/mol. The number of carbonyl (C=O) groups excluding carboxylic acids is 1. The Morgan fingerprint density at radius 3 is 2.61 bits per heavy atom. The summed E-state index contributed by atoms with van der Waals surface area (Å²) in [7, 11) is 0. The van der Waals surface area contributed by atoms with E-state index in [1.54, 1.807) is 0 Å². The lowest BCUT2D eigenvalue weighted by Gasteiger charge is -2.17. The Morgan fingerprint density at radius 2 is 1.81 bits per heavy atom. The molecule has 1 atom stereocenters. The van der Waals surface area contributed by atoms with Crippen LogP contribution >= 0.6 is 23.2 Å². The van der Waals surface area contributed by atoms with Crippen molar-refractivity contribution >= 4 is 45.8 Å². The Bertz CT molecular complexity index is 1510. The number of aryl methyl sites for hydroxylation is 1. The summed E-state index contributed by atoms with van der Waals surface area (Å²) in [4.78, 5) is 20.9. The molecule has 0 fully saturated rings. The van der Waals surface area contributed by atoms with E-state index in [1.165, 1.54) is 0 Å². The average Bonchev–Trinajstić information content (AvgIpc) is 3.46. The van der Waals surface area contributed by atoms with Gasteiger partial charge in [0.15, 0.2) is 5.82 Å². The molecule has 2 aromatic heterocycles. The number of nitrogens with zero attached hydrogens (tertiary/aromatic N) is 2. The maximum Gasteiger partial charge on any atom is 0.220 e. The molecule has 7 nitrogen and oxygen atoms in total. The van der Waals surface area contributed by atoms with Gasteiger partial charge in [-0.25, -0.2) is 4.98 Å². The molecule has 1 unspecified atom stereocenters. The molecule has 0 radical (unpaired) electrons. The molecule has 182 valence electrons. The number of nitrogen functional groups attached to an aromatic ring is 1. The molecule has 3 aromatic carbocycles. The number of halogens is 2. The van der Waals surface area contributed by atoms with Crippen LogP contribution in [0.3, 0.4) is 0 Å².